The van der Waals surface area contributed by atoms with Crippen molar-refractivity contribution in [1.82, 2.24) is 10.1 Å². The number of para-hydroxylation sites is 1. The van der Waals surface area contributed by atoms with Crippen LogP contribution in [0.5, 0.6) is 0 Å². The Morgan fingerprint density at radius 1 is 1.14 bits per heavy atom. The average molecular weight is 390 g/mol. The molecule has 0 aliphatic rings. The van der Waals surface area contributed by atoms with Crippen LogP contribution in [-0.2, 0) is 6.54 Å². The number of aromatic nitrogens is 2. The number of hydrogen-bond donors (Lipinski definition) is 2. The van der Waals surface area contributed by atoms with Gasteiger partial charge in [0.05, 0.1) is 6.54 Å². The van der Waals surface area contributed by atoms with Crippen molar-refractivity contribution < 1.29 is 9.32 Å². The fourth-order valence-corrected chi connectivity index (χ4v) is 3.32. The molecule has 0 unspecified atom stereocenters. The van der Waals surface area contributed by atoms with Gasteiger partial charge in [-0.15, -0.1) is 0 Å². The zero-order valence-corrected chi connectivity index (χ0v) is 16.0. The molecule has 6 nitrogen and oxygen atoms in total. The molecule has 140 valence electrons. The summed E-state index contributed by atoms with van der Waals surface area (Å²) in [6.45, 7) is 2.35. The molecule has 2 heterocycles. The van der Waals surface area contributed by atoms with Crippen LogP contribution in [0.2, 0.25) is 0 Å². The highest BCUT2D eigenvalue weighted by Gasteiger charge is 2.11. The number of thiophene rings is 1. The molecule has 0 saturated carbocycles. The van der Waals surface area contributed by atoms with Gasteiger partial charge in [0.25, 0.3) is 5.91 Å². The van der Waals surface area contributed by atoms with E-state index in [1.165, 1.54) is 0 Å². The number of anilines is 2. The standard InChI is InChI=1S/C21H18N4O2S/c1-14-7-8-15(21(26)23-17-5-3-2-4-6-17)11-18(14)22-12-19-24-20(25-27-19)16-9-10-28-13-16/h2-11,13,22H,12H2,1H3,(H,23,26). The third-order valence-corrected chi connectivity index (χ3v) is 4.89. The number of nitrogens with one attached hydrogen (secondary N) is 2. The number of nitrogens with zero attached hydrogens (tertiary/aromatic N) is 2. The normalized spacial score (nSPS) is 10.6. The van der Waals surface area contributed by atoms with E-state index in [0.29, 0.717) is 23.8 Å². The maximum atomic E-state index is 12.5. The van der Waals surface area contributed by atoms with Gasteiger partial charge in [0.1, 0.15) is 0 Å². The van der Waals surface area contributed by atoms with Crippen molar-refractivity contribution in [3.8, 4) is 11.4 Å². The maximum absolute atomic E-state index is 12.5. The summed E-state index contributed by atoms with van der Waals surface area (Å²) in [6.07, 6.45) is 0. The van der Waals surface area contributed by atoms with Gasteiger partial charge in [0.2, 0.25) is 11.7 Å². The summed E-state index contributed by atoms with van der Waals surface area (Å²) in [5, 5.41) is 14.1. The molecule has 28 heavy (non-hydrogen) atoms. The third-order valence-electron chi connectivity index (χ3n) is 4.21. The molecule has 0 atom stereocenters. The van der Waals surface area contributed by atoms with E-state index in [2.05, 4.69) is 20.8 Å². The van der Waals surface area contributed by atoms with Crippen LogP contribution in [0, 0.1) is 6.92 Å². The van der Waals surface area contributed by atoms with Gasteiger partial charge in [-0.2, -0.15) is 16.3 Å². The first kappa shape index (κ1) is 17.9. The molecular weight excluding hydrogens is 372 g/mol. The van der Waals surface area contributed by atoms with Crippen molar-refractivity contribution >= 4 is 28.6 Å². The summed E-state index contributed by atoms with van der Waals surface area (Å²) in [5.41, 5.74) is 4.14. The minimum atomic E-state index is -0.160. The van der Waals surface area contributed by atoms with Crippen molar-refractivity contribution in [2.24, 2.45) is 0 Å². The molecule has 7 heteroatoms. The molecular formula is C21H18N4O2S. The second-order valence-corrected chi connectivity index (χ2v) is 7.01. The zero-order chi connectivity index (χ0) is 19.3. The Morgan fingerprint density at radius 2 is 2.00 bits per heavy atom. The average Bonchev–Trinajstić information content (AvgIpc) is 3.40. The van der Waals surface area contributed by atoms with Gasteiger partial charge >= 0.3 is 0 Å². The first-order valence-electron chi connectivity index (χ1n) is 8.75. The lowest BCUT2D eigenvalue weighted by Gasteiger charge is -2.10. The summed E-state index contributed by atoms with van der Waals surface area (Å²) >= 11 is 1.59. The molecule has 4 aromatic rings. The number of aryl methyl sites for hydroxylation is 1. The van der Waals surface area contributed by atoms with Crippen LogP contribution in [-0.4, -0.2) is 16.0 Å². The van der Waals surface area contributed by atoms with Crippen LogP contribution in [0.3, 0.4) is 0 Å². The fourth-order valence-electron chi connectivity index (χ4n) is 2.68. The highest BCUT2D eigenvalue weighted by molar-refractivity contribution is 7.08. The quantitative estimate of drug-likeness (QED) is 0.486. The Kier molecular flexibility index (Phi) is 5.16. The van der Waals surface area contributed by atoms with Crippen molar-refractivity contribution in [2.75, 3.05) is 10.6 Å². The highest BCUT2D eigenvalue weighted by atomic mass is 32.1. The number of carbonyl (C=O) groups is 1. The molecule has 0 bridgehead atoms. The second-order valence-electron chi connectivity index (χ2n) is 6.23. The second kappa shape index (κ2) is 8.06. The predicted molar refractivity (Wildman–Crippen MR) is 111 cm³/mol. The molecule has 0 aliphatic heterocycles. The zero-order valence-electron chi connectivity index (χ0n) is 15.2. The molecule has 0 aliphatic carbocycles. The first-order valence-corrected chi connectivity index (χ1v) is 9.69. The number of hydrogen-bond acceptors (Lipinski definition) is 6. The smallest absolute Gasteiger partial charge is 0.255 e. The minimum Gasteiger partial charge on any atom is -0.376 e. The van der Waals surface area contributed by atoms with E-state index in [4.69, 9.17) is 4.52 Å². The monoisotopic (exact) mass is 390 g/mol. The lowest BCUT2D eigenvalue weighted by atomic mass is 10.1. The molecule has 1 amide bonds. The van der Waals surface area contributed by atoms with E-state index < -0.39 is 0 Å². The summed E-state index contributed by atoms with van der Waals surface area (Å²) in [4.78, 5) is 16.9. The van der Waals surface area contributed by atoms with Crippen LogP contribution in [0.4, 0.5) is 11.4 Å². The predicted octanol–water partition coefficient (Wildman–Crippen LogP) is 4.97. The summed E-state index contributed by atoms with van der Waals surface area (Å²) < 4.78 is 5.31. The number of benzene rings is 2. The highest BCUT2D eigenvalue weighted by Crippen LogP contribution is 2.21. The van der Waals surface area contributed by atoms with Crippen LogP contribution in [0.15, 0.2) is 69.9 Å². The lowest BCUT2D eigenvalue weighted by molar-refractivity contribution is 0.102. The largest absolute Gasteiger partial charge is 0.376 e. The molecule has 2 aromatic carbocycles. The van der Waals surface area contributed by atoms with Gasteiger partial charge in [-0.3, -0.25) is 4.79 Å². The van der Waals surface area contributed by atoms with Crippen molar-refractivity contribution in [3.63, 3.8) is 0 Å². The van der Waals surface area contributed by atoms with E-state index in [1.54, 1.807) is 17.4 Å². The molecule has 0 spiro atoms. The van der Waals surface area contributed by atoms with E-state index in [-0.39, 0.29) is 5.91 Å². The van der Waals surface area contributed by atoms with Crippen LogP contribution >= 0.6 is 11.3 Å². The van der Waals surface area contributed by atoms with Crippen molar-refractivity contribution in [3.05, 3.63) is 82.4 Å². The van der Waals surface area contributed by atoms with Crippen molar-refractivity contribution in [1.29, 1.82) is 0 Å². The lowest BCUT2D eigenvalue weighted by Crippen LogP contribution is -2.12. The molecule has 2 N–H and O–H groups in total. The summed E-state index contributed by atoms with van der Waals surface area (Å²) in [5.74, 6) is 0.900. The molecule has 0 fully saturated rings. The Labute approximate surface area is 166 Å². The SMILES string of the molecule is Cc1ccc(C(=O)Nc2ccccc2)cc1NCc1nc(-c2ccsc2)no1. The van der Waals surface area contributed by atoms with Gasteiger partial charge in [-0.25, -0.2) is 0 Å². The molecule has 0 radical (unpaired) electrons. The number of rotatable bonds is 6. The van der Waals surface area contributed by atoms with Crippen LogP contribution < -0.4 is 10.6 Å². The number of carbonyl (C=O) groups excluding carboxylic acids is 1. The van der Waals surface area contributed by atoms with Crippen LogP contribution in [0.1, 0.15) is 21.8 Å². The van der Waals surface area contributed by atoms with Gasteiger partial charge in [-0.05, 0) is 48.2 Å². The minimum absolute atomic E-state index is 0.160. The van der Waals surface area contributed by atoms with Gasteiger partial charge in [-0.1, -0.05) is 29.4 Å². The topological polar surface area (TPSA) is 80.0 Å². The Balaban J connectivity index is 1.45. The molecule has 2 aromatic heterocycles. The molecule has 4 rings (SSSR count). The molecule has 0 saturated heterocycles. The maximum Gasteiger partial charge on any atom is 0.255 e. The van der Waals surface area contributed by atoms with E-state index in [9.17, 15) is 4.79 Å². The number of amides is 1. The summed E-state index contributed by atoms with van der Waals surface area (Å²) in [7, 11) is 0. The Bertz CT molecular complexity index is 1080. The Hall–Kier alpha value is -3.45. The van der Waals surface area contributed by atoms with E-state index in [0.717, 1.165) is 22.5 Å². The fraction of sp³-hybridized carbons (Fsp3) is 0.0952. The van der Waals surface area contributed by atoms with E-state index >= 15 is 0 Å². The Morgan fingerprint density at radius 3 is 2.79 bits per heavy atom. The van der Waals surface area contributed by atoms with Gasteiger partial charge < -0.3 is 15.2 Å². The van der Waals surface area contributed by atoms with Crippen molar-refractivity contribution in [2.45, 2.75) is 13.5 Å². The third kappa shape index (κ3) is 4.10. The van der Waals surface area contributed by atoms with E-state index in [1.807, 2.05) is 66.2 Å². The first-order chi connectivity index (χ1) is 13.7. The van der Waals surface area contributed by atoms with Crippen LogP contribution in [0.25, 0.3) is 11.4 Å². The van der Waals surface area contributed by atoms with Gasteiger partial charge in [0, 0.05) is 27.9 Å². The summed E-state index contributed by atoms with van der Waals surface area (Å²) in [6, 6.07) is 16.9. The van der Waals surface area contributed by atoms with Gasteiger partial charge in [0.15, 0.2) is 0 Å².